The van der Waals surface area contributed by atoms with Gasteiger partial charge in [-0.05, 0) is 47.3 Å². The Bertz CT molecular complexity index is 1820. The van der Waals surface area contributed by atoms with Gasteiger partial charge in [0.2, 0.25) is 0 Å². The number of ether oxygens (including phenoxy) is 1. The lowest BCUT2D eigenvalue weighted by atomic mass is 10.1. The highest BCUT2D eigenvalue weighted by atomic mass is 32.1. The lowest BCUT2D eigenvalue weighted by Gasteiger charge is -2.36. The highest BCUT2D eigenvalue weighted by Gasteiger charge is 2.28. The van der Waals surface area contributed by atoms with Gasteiger partial charge in [-0.2, -0.15) is 0 Å². The van der Waals surface area contributed by atoms with Crippen molar-refractivity contribution in [2.45, 2.75) is 6.54 Å². The van der Waals surface area contributed by atoms with Crippen molar-refractivity contribution in [3.63, 3.8) is 0 Å². The molecule has 0 atom stereocenters. The van der Waals surface area contributed by atoms with Crippen LogP contribution < -0.4 is 31.7 Å². The summed E-state index contributed by atoms with van der Waals surface area (Å²) in [5.74, 6) is -0.240. The number of rotatable bonds is 11. The molecule has 1 amide bonds. The minimum absolute atomic E-state index is 0.240. The first kappa shape index (κ1) is 28.5. The van der Waals surface area contributed by atoms with Crippen LogP contribution in [0.5, 0.6) is 0 Å². The van der Waals surface area contributed by atoms with E-state index in [9.17, 15) is 14.4 Å². The minimum atomic E-state index is -0.525. The van der Waals surface area contributed by atoms with Crippen LogP contribution in [-0.4, -0.2) is 62.2 Å². The number of hydrogen-bond acceptors (Lipinski definition) is 10. The van der Waals surface area contributed by atoms with Crippen LogP contribution in [0.15, 0.2) is 81.8 Å². The van der Waals surface area contributed by atoms with Crippen molar-refractivity contribution in [2.75, 3.05) is 67.3 Å². The molecule has 1 aliphatic heterocycles. The molecule has 1 aliphatic rings. The van der Waals surface area contributed by atoms with Crippen LogP contribution in [0.4, 0.5) is 28.4 Å². The van der Waals surface area contributed by atoms with Gasteiger partial charge in [0.1, 0.15) is 16.3 Å². The Kier molecular flexibility index (Phi) is 8.45. The van der Waals surface area contributed by atoms with E-state index >= 15 is 0 Å². The molecule has 0 spiro atoms. The normalized spacial score (nSPS) is 13.8. The summed E-state index contributed by atoms with van der Waals surface area (Å²) in [6.07, 6.45) is 1.79. The monoisotopic (exact) mass is 596 g/mol. The fraction of sp³-hybridized carbons (Fsp3) is 0.250. The van der Waals surface area contributed by atoms with Crippen molar-refractivity contribution < 1.29 is 9.53 Å². The predicted octanol–water partition coefficient (Wildman–Crippen LogP) is 4.27. The number of carbonyl (C=O) groups excluding carboxylic acids is 1. The molecule has 3 heterocycles. The SMILES string of the molecule is COCCN1CCN(c2c(Nc3cccc(NC(=O)c4sccc4NCc4ccnc5ccccc45)c3)c(=O)c2=O)CC1. The van der Waals surface area contributed by atoms with Gasteiger partial charge in [0.15, 0.2) is 0 Å². The van der Waals surface area contributed by atoms with Gasteiger partial charge in [-0.25, -0.2) is 0 Å². The van der Waals surface area contributed by atoms with Crippen LogP contribution in [0, 0.1) is 0 Å². The predicted molar refractivity (Wildman–Crippen MR) is 173 cm³/mol. The number of nitrogens with zero attached hydrogens (tertiary/aromatic N) is 3. The molecule has 0 saturated carbocycles. The third-order valence-electron chi connectivity index (χ3n) is 7.66. The van der Waals surface area contributed by atoms with Crippen LogP contribution in [0.1, 0.15) is 15.2 Å². The number of para-hydroxylation sites is 1. The maximum atomic E-state index is 13.3. The summed E-state index contributed by atoms with van der Waals surface area (Å²) in [6, 6.07) is 19.0. The number of carbonyl (C=O) groups is 1. The van der Waals surface area contributed by atoms with E-state index in [1.54, 1.807) is 37.6 Å². The summed E-state index contributed by atoms with van der Waals surface area (Å²) in [6.45, 7) is 4.95. The lowest BCUT2D eigenvalue weighted by molar-refractivity contribution is 0.103. The molecule has 1 saturated heterocycles. The maximum absolute atomic E-state index is 13.3. The largest absolute Gasteiger partial charge is 0.383 e. The summed E-state index contributed by atoms with van der Waals surface area (Å²) in [7, 11) is 1.68. The molecular formula is C32H32N6O4S. The zero-order chi connectivity index (χ0) is 29.8. The van der Waals surface area contributed by atoms with E-state index in [0.717, 1.165) is 41.8 Å². The minimum Gasteiger partial charge on any atom is -0.383 e. The van der Waals surface area contributed by atoms with Crippen molar-refractivity contribution >= 4 is 56.6 Å². The second kappa shape index (κ2) is 12.7. The van der Waals surface area contributed by atoms with Crippen molar-refractivity contribution in [3.8, 4) is 0 Å². The number of fused-ring (bicyclic) bond motifs is 1. The molecule has 3 N–H and O–H groups in total. The first-order valence-electron chi connectivity index (χ1n) is 14.1. The maximum Gasteiger partial charge on any atom is 0.267 e. The van der Waals surface area contributed by atoms with E-state index in [-0.39, 0.29) is 5.91 Å². The number of hydrogen-bond donors (Lipinski definition) is 3. The Morgan fingerprint density at radius 3 is 2.63 bits per heavy atom. The van der Waals surface area contributed by atoms with Gasteiger partial charge in [0, 0.05) is 69.3 Å². The van der Waals surface area contributed by atoms with Crippen molar-refractivity contribution in [1.29, 1.82) is 0 Å². The number of aromatic nitrogens is 1. The van der Waals surface area contributed by atoms with Crippen LogP contribution in [0.2, 0.25) is 0 Å². The molecule has 220 valence electrons. The molecule has 3 aromatic carbocycles. The number of nitrogens with one attached hydrogen (secondary N) is 3. The summed E-state index contributed by atoms with van der Waals surface area (Å²) in [5.41, 5.74) is 3.68. The summed E-state index contributed by atoms with van der Waals surface area (Å²) in [5, 5.41) is 12.4. The molecule has 5 aromatic rings. The second-order valence-electron chi connectivity index (χ2n) is 10.4. The number of anilines is 5. The zero-order valence-corrected chi connectivity index (χ0v) is 24.6. The van der Waals surface area contributed by atoms with Crippen LogP contribution in [-0.2, 0) is 11.3 Å². The number of piperazine rings is 1. The highest BCUT2D eigenvalue weighted by molar-refractivity contribution is 7.12. The van der Waals surface area contributed by atoms with Gasteiger partial charge >= 0.3 is 0 Å². The molecule has 6 rings (SSSR count). The number of benzene rings is 2. The van der Waals surface area contributed by atoms with E-state index in [1.165, 1.54) is 11.3 Å². The molecule has 10 nitrogen and oxygen atoms in total. The Morgan fingerprint density at radius 1 is 0.977 bits per heavy atom. The number of amides is 1. The van der Waals surface area contributed by atoms with Gasteiger partial charge < -0.3 is 25.6 Å². The van der Waals surface area contributed by atoms with Crippen LogP contribution in [0.25, 0.3) is 10.9 Å². The molecule has 0 bridgehead atoms. The van der Waals surface area contributed by atoms with Crippen LogP contribution in [0.3, 0.4) is 0 Å². The highest BCUT2D eigenvalue weighted by Crippen LogP contribution is 2.29. The topological polar surface area (TPSA) is 116 Å². The Balaban J connectivity index is 1.10. The van der Waals surface area contributed by atoms with Gasteiger partial charge in [0.25, 0.3) is 16.8 Å². The number of methoxy groups -OCH3 is 1. The Morgan fingerprint density at radius 2 is 1.79 bits per heavy atom. The van der Waals surface area contributed by atoms with Gasteiger partial charge in [-0.3, -0.25) is 24.3 Å². The fourth-order valence-corrected chi connectivity index (χ4v) is 6.11. The fourth-order valence-electron chi connectivity index (χ4n) is 5.34. The molecule has 0 radical (unpaired) electrons. The Hall–Kier alpha value is -4.58. The van der Waals surface area contributed by atoms with E-state index in [0.29, 0.717) is 53.9 Å². The third-order valence-corrected chi connectivity index (χ3v) is 8.57. The first-order chi connectivity index (χ1) is 21.0. The number of pyridine rings is 1. The van der Waals surface area contributed by atoms with E-state index in [1.807, 2.05) is 46.7 Å². The first-order valence-corrected chi connectivity index (χ1v) is 15.0. The average molecular weight is 597 g/mol. The molecule has 43 heavy (non-hydrogen) atoms. The van der Waals surface area contributed by atoms with Gasteiger partial charge in [-0.15, -0.1) is 11.3 Å². The van der Waals surface area contributed by atoms with E-state index in [2.05, 4.69) is 25.8 Å². The average Bonchev–Trinajstić information content (AvgIpc) is 3.52. The zero-order valence-electron chi connectivity index (χ0n) is 23.8. The van der Waals surface area contributed by atoms with Gasteiger partial charge in [-0.1, -0.05) is 24.3 Å². The standard InChI is InChI=1S/C32H32N6O4S/c1-42-17-16-37-12-14-38(15-13-37)28-27(29(39)30(28)40)35-22-5-4-6-23(19-22)36-32(41)31-26(10-18-43-31)34-20-21-9-11-33-25-8-3-2-7-24(21)25/h2-11,18-19,34-35H,12-17,20H2,1H3,(H,36,41). The smallest absolute Gasteiger partial charge is 0.267 e. The van der Waals surface area contributed by atoms with E-state index in [4.69, 9.17) is 4.74 Å². The quantitative estimate of drug-likeness (QED) is 0.192. The molecule has 2 aromatic heterocycles. The lowest BCUT2D eigenvalue weighted by Crippen LogP contribution is -2.51. The van der Waals surface area contributed by atoms with Crippen molar-refractivity contribution in [3.05, 3.63) is 103 Å². The Labute approximate surface area is 252 Å². The molecule has 0 aliphatic carbocycles. The molecule has 1 fully saturated rings. The molecule has 11 heteroatoms. The molecule has 0 unspecified atom stereocenters. The summed E-state index contributed by atoms with van der Waals surface area (Å²) in [4.78, 5) is 47.5. The van der Waals surface area contributed by atoms with Gasteiger partial charge in [0.05, 0.1) is 17.8 Å². The third kappa shape index (κ3) is 6.14. The second-order valence-corrected chi connectivity index (χ2v) is 11.3. The summed E-state index contributed by atoms with van der Waals surface area (Å²) < 4.78 is 5.16. The van der Waals surface area contributed by atoms with E-state index < -0.39 is 10.9 Å². The van der Waals surface area contributed by atoms with Crippen LogP contribution >= 0.6 is 11.3 Å². The molecular weight excluding hydrogens is 564 g/mol. The summed E-state index contributed by atoms with van der Waals surface area (Å²) >= 11 is 1.36. The number of thiophene rings is 1. The van der Waals surface area contributed by atoms with Crippen molar-refractivity contribution in [2.24, 2.45) is 0 Å². The van der Waals surface area contributed by atoms with Crippen molar-refractivity contribution in [1.82, 2.24) is 9.88 Å².